The van der Waals surface area contributed by atoms with E-state index in [0.717, 1.165) is 0 Å². The molecule has 0 saturated heterocycles. The number of benzene rings is 1. The van der Waals surface area contributed by atoms with Gasteiger partial charge in [-0.3, -0.25) is 0 Å². The average molecular weight is 261 g/mol. The first-order valence-electron chi connectivity index (χ1n) is 4.83. The molecule has 2 aliphatic heterocycles. The first kappa shape index (κ1) is 11.6. The van der Waals surface area contributed by atoms with Crippen molar-refractivity contribution in [2.75, 3.05) is 12.4 Å². The summed E-state index contributed by atoms with van der Waals surface area (Å²) in [5.74, 6) is -1.97. The lowest BCUT2D eigenvalue weighted by molar-refractivity contribution is 0.387. The molecule has 8 heteroatoms. The summed E-state index contributed by atoms with van der Waals surface area (Å²) in [6.45, 7) is 1.75. The van der Waals surface area contributed by atoms with Crippen LogP contribution in [-0.2, 0) is 16.8 Å². The van der Waals surface area contributed by atoms with Crippen molar-refractivity contribution in [3.8, 4) is 23.0 Å². The summed E-state index contributed by atoms with van der Waals surface area (Å²) < 4.78 is 31.9. The highest BCUT2D eigenvalue weighted by molar-refractivity contribution is 7.82. The number of hydrogen-bond acceptors (Lipinski definition) is 7. The van der Waals surface area contributed by atoms with E-state index >= 15 is 0 Å². The fourth-order valence-electron chi connectivity index (χ4n) is 1.72. The van der Waals surface area contributed by atoms with E-state index in [2.05, 4.69) is 13.7 Å². The number of aromatic hydroxyl groups is 2. The predicted molar refractivity (Wildman–Crippen MR) is 58.9 cm³/mol. The zero-order valence-electron chi connectivity index (χ0n) is 9.14. The van der Waals surface area contributed by atoms with Crippen molar-refractivity contribution in [1.29, 1.82) is 0 Å². The lowest BCUT2D eigenvalue weighted by Gasteiger charge is -2.12. The minimum Gasteiger partial charge on any atom is -0.502 e. The van der Waals surface area contributed by atoms with Crippen LogP contribution in [0.1, 0.15) is 12.5 Å². The van der Waals surface area contributed by atoms with Crippen LogP contribution in [0.4, 0.5) is 5.69 Å². The molecule has 0 amide bonds. The van der Waals surface area contributed by atoms with Gasteiger partial charge in [-0.05, 0) is 6.42 Å². The first-order chi connectivity index (χ1) is 7.91. The third-order valence-electron chi connectivity index (χ3n) is 2.43. The van der Waals surface area contributed by atoms with E-state index in [4.69, 9.17) is 0 Å². The highest BCUT2D eigenvalue weighted by Crippen LogP contribution is 2.54. The Labute approximate surface area is 97.9 Å². The van der Waals surface area contributed by atoms with Crippen molar-refractivity contribution in [2.24, 2.45) is 0 Å². The molecule has 2 heterocycles. The Morgan fingerprint density at radius 3 is 2.24 bits per heavy atom. The summed E-state index contributed by atoms with van der Waals surface area (Å²) in [6.07, 6.45) is 0.394. The molecule has 0 aromatic heterocycles. The van der Waals surface area contributed by atoms with Crippen molar-refractivity contribution in [2.45, 2.75) is 13.3 Å². The number of nitrogens with one attached hydrogen (secondary N) is 1. The Hall–Kier alpha value is -1.83. The van der Waals surface area contributed by atoms with E-state index < -0.39 is 21.9 Å². The van der Waals surface area contributed by atoms with Crippen LogP contribution in [0.15, 0.2) is 0 Å². The van der Waals surface area contributed by atoms with Crippen LogP contribution in [0.25, 0.3) is 0 Å². The molecule has 2 aliphatic rings. The largest absolute Gasteiger partial charge is 0.502 e. The van der Waals surface area contributed by atoms with Crippen LogP contribution >= 0.6 is 0 Å². The van der Waals surface area contributed by atoms with E-state index in [1.165, 1.54) is 0 Å². The monoisotopic (exact) mass is 261 g/mol. The van der Waals surface area contributed by atoms with Crippen LogP contribution in [-0.4, -0.2) is 25.7 Å². The van der Waals surface area contributed by atoms with Crippen molar-refractivity contribution in [1.82, 2.24) is 0 Å². The zero-order chi connectivity index (χ0) is 12.8. The van der Waals surface area contributed by atoms with Crippen molar-refractivity contribution in [3.63, 3.8) is 0 Å². The van der Waals surface area contributed by atoms with Crippen LogP contribution < -0.4 is 13.7 Å². The maximum atomic E-state index is 11.4. The van der Waals surface area contributed by atoms with Gasteiger partial charge >= 0.3 is 10.4 Å². The molecule has 17 heavy (non-hydrogen) atoms. The van der Waals surface area contributed by atoms with Crippen molar-refractivity contribution >= 4 is 16.1 Å². The molecule has 0 fully saturated rings. The Balaban J connectivity index is 2.87. The quantitative estimate of drug-likeness (QED) is 0.532. The molecular weight excluding hydrogens is 250 g/mol. The van der Waals surface area contributed by atoms with Gasteiger partial charge in [0.15, 0.2) is 5.75 Å². The summed E-state index contributed by atoms with van der Waals surface area (Å²) in [6, 6.07) is 0. The average Bonchev–Trinajstić information content (AvgIpc) is 2.43. The molecule has 0 unspecified atom stereocenters. The molecule has 0 spiro atoms. The van der Waals surface area contributed by atoms with E-state index in [9.17, 15) is 18.6 Å². The second kappa shape index (κ2) is 3.59. The zero-order valence-corrected chi connectivity index (χ0v) is 9.96. The molecule has 0 atom stereocenters. The first-order valence-corrected chi connectivity index (χ1v) is 6.17. The third-order valence-corrected chi connectivity index (χ3v) is 3.17. The standard InChI is InChI=1S/C9H11NO6S/c1-3-4-5(10-2)9-7(12)6(11)8(4)15-17(13,14)16-9/h10-12H,3H2,1-2H3. The normalized spacial score (nSPS) is 15.9. The molecule has 0 saturated carbocycles. The number of phenolic OH excluding ortho intramolecular Hbond substituents is 2. The molecule has 0 radical (unpaired) electrons. The summed E-state index contributed by atoms with van der Waals surface area (Å²) in [5.41, 5.74) is 0.692. The minimum absolute atomic E-state index is 0.277. The van der Waals surface area contributed by atoms with Gasteiger partial charge in [-0.1, -0.05) is 6.92 Å². The van der Waals surface area contributed by atoms with Crippen LogP contribution in [0.5, 0.6) is 23.0 Å². The molecule has 0 aliphatic carbocycles. The van der Waals surface area contributed by atoms with Gasteiger partial charge in [-0.15, -0.1) is 8.42 Å². The van der Waals surface area contributed by atoms with Gasteiger partial charge in [0, 0.05) is 12.6 Å². The van der Waals surface area contributed by atoms with Gasteiger partial charge < -0.3 is 23.9 Å². The maximum Gasteiger partial charge on any atom is 0.501 e. The molecule has 3 rings (SSSR count). The van der Waals surface area contributed by atoms with Crippen LogP contribution in [0, 0.1) is 0 Å². The summed E-state index contributed by atoms with van der Waals surface area (Å²) in [7, 11) is -2.78. The molecule has 1 aromatic rings. The van der Waals surface area contributed by atoms with E-state index in [0.29, 0.717) is 12.0 Å². The summed E-state index contributed by atoms with van der Waals surface area (Å²) in [5, 5.41) is 22.0. The lowest BCUT2D eigenvalue weighted by Crippen LogP contribution is -2.14. The van der Waals surface area contributed by atoms with Crippen molar-refractivity contribution < 1.29 is 27.0 Å². The Morgan fingerprint density at radius 1 is 1.18 bits per heavy atom. The van der Waals surface area contributed by atoms with E-state index in [1.54, 1.807) is 14.0 Å². The second-order valence-electron chi connectivity index (χ2n) is 3.39. The van der Waals surface area contributed by atoms with Gasteiger partial charge in [0.1, 0.15) is 0 Å². The Bertz CT molecular complexity index is 535. The molecule has 2 bridgehead atoms. The summed E-state index contributed by atoms with van der Waals surface area (Å²) in [4.78, 5) is 0. The number of anilines is 1. The molecule has 3 N–H and O–H groups in total. The minimum atomic E-state index is -4.32. The fourth-order valence-corrected chi connectivity index (χ4v) is 2.50. The van der Waals surface area contributed by atoms with Gasteiger partial charge in [-0.25, -0.2) is 0 Å². The van der Waals surface area contributed by atoms with Gasteiger partial charge in [-0.2, -0.15) is 0 Å². The van der Waals surface area contributed by atoms with E-state index in [1.807, 2.05) is 0 Å². The van der Waals surface area contributed by atoms with Crippen molar-refractivity contribution in [3.05, 3.63) is 5.56 Å². The number of phenols is 2. The summed E-state index contributed by atoms with van der Waals surface area (Å²) >= 11 is 0. The third kappa shape index (κ3) is 1.60. The number of hydrogen-bond donors (Lipinski definition) is 3. The Kier molecular flexibility index (Phi) is 2.46. The lowest BCUT2D eigenvalue weighted by atomic mass is 10.1. The Morgan fingerprint density at radius 2 is 1.71 bits per heavy atom. The maximum absolute atomic E-state index is 11.4. The number of rotatable bonds is 2. The highest BCUT2D eigenvalue weighted by Gasteiger charge is 2.35. The highest BCUT2D eigenvalue weighted by atomic mass is 32.3. The topological polar surface area (TPSA) is 105 Å². The van der Waals surface area contributed by atoms with Crippen LogP contribution in [0.3, 0.4) is 0 Å². The van der Waals surface area contributed by atoms with Crippen LogP contribution in [0.2, 0.25) is 0 Å². The van der Waals surface area contributed by atoms with Gasteiger partial charge in [0.2, 0.25) is 17.2 Å². The van der Waals surface area contributed by atoms with Gasteiger partial charge in [0.25, 0.3) is 0 Å². The number of fused-ring (bicyclic) bond motifs is 4. The van der Waals surface area contributed by atoms with Gasteiger partial charge in [0.05, 0.1) is 5.69 Å². The molecule has 94 valence electrons. The smallest absolute Gasteiger partial charge is 0.501 e. The van der Waals surface area contributed by atoms with E-state index in [-0.39, 0.29) is 17.2 Å². The molecule has 7 nitrogen and oxygen atoms in total. The fraction of sp³-hybridized carbons (Fsp3) is 0.333. The SMILES string of the molecule is CCc1c(NC)c2c(O)c(O)c1OS(=O)(=O)O2. The molecule has 1 aromatic carbocycles. The second-order valence-corrected chi connectivity index (χ2v) is 4.54. The molecular formula is C9H11NO6S. The predicted octanol–water partition coefficient (Wildman–Crippen LogP) is 0.718.